The van der Waals surface area contributed by atoms with Crippen molar-refractivity contribution in [3.63, 3.8) is 0 Å². The van der Waals surface area contributed by atoms with E-state index in [9.17, 15) is 18.0 Å². The second kappa shape index (κ2) is 9.91. The smallest absolute Gasteiger partial charge is 0.370 e. The van der Waals surface area contributed by atoms with Crippen LogP contribution in [0.4, 0.5) is 18.9 Å². The molecule has 4 nitrogen and oxygen atoms in total. The van der Waals surface area contributed by atoms with Gasteiger partial charge in [0.2, 0.25) is 0 Å². The predicted molar refractivity (Wildman–Crippen MR) is 136 cm³/mol. The number of nitrogens with one attached hydrogen (secondary N) is 1. The molecule has 0 spiro atoms. The Morgan fingerprint density at radius 3 is 2.47 bits per heavy atom. The highest BCUT2D eigenvalue weighted by molar-refractivity contribution is 14.1. The predicted octanol–water partition coefficient (Wildman–Crippen LogP) is 6.63. The van der Waals surface area contributed by atoms with Crippen molar-refractivity contribution in [1.29, 1.82) is 0 Å². The van der Waals surface area contributed by atoms with Crippen molar-refractivity contribution in [3.05, 3.63) is 91.2 Å². The molecule has 1 aliphatic heterocycles. The minimum absolute atomic E-state index is 0.0558. The van der Waals surface area contributed by atoms with Gasteiger partial charge in [-0.1, -0.05) is 29.3 Å². The van der Waals surface area contributed by atoms with Crippen LogP contribution in [0.5, 0.6) is 0 Å². The Morgan fingerprint density at radius 2 is 1.85 bits per heavy atom. The summed E-state index contributed by atoms with van der Waals surface area (Å²) in [5.41, 5.74) is -0.247. The van der Waals surface area contributed by atoms with E-state index in [1.165, 1.54) is 18.2 Å². The van der Waals surface area contributed by atoms with Crippen molar-refractivity contribution >= 4 is 57.4 Å². The topological polar surface area (TPSA) is 45.2 Å². The Bertz CT molecular complexity index is 1190. The summed E-state index contributed by atoms with van der Waals surface area (Å²) in [6.07, 6.45) is -2.97. The lowest BCUT2D eigenvalue weighted by atomic mass is 9.79. The number of rotatable bonds is 5. The summed E-state index contributed by atoms with van der Waals surface area (Å²) in [4.78, 5) is 18.5. The molecule has 1 amide bonds. The number of aromatic nitrogens is 1. The molecule has 34 heavy (non-hydrogen) atoms. The van der Waals surface area contributed by atoms with Crippen molar-refractivity contribution in [2.75, 3.05) is 18.0 Å². The number of alkyl halides is 3. The summed E-state index contributed by atoms with van der Waals surface area (Å²) >= 11 is 14.1. The quantitative estimate of drug-likeness (QED) is 0.326. The molecule has 1 aliphatic rings. The molecule has 1 unspecified atom stereocenters. The van der Waals surface area contributed by atoms with E-state index in [1.54, 1.807) is 35.4 Å². The number of hydrogen-bond donors (Lipinski definition) is 1. The first-order valence-corrected chi connectivity index (χ1v) is 12.2. The van der Waals surface area contributed by atoms with E-state index in [1.807, 2.05) is 34.7 Å². The normalized spacial score (nSPS) is 18.2. The molecule has 2 heterocycles. The van der Waals surface area contributed by atoms with Crippen LogP contribution in [-0.4, -0.2) is 30.2 Å². The first kappa shape index (κ1) is 25.1. The van der Waals surface area contributed by atoms with Gasteiger partial charge in [-0.2, -0.15) is 13.2 Å². The molecule has 1 saturated heterocycles. The average Bonchev–Trinajstić information content (AvgIpc) is 3.25. The molecular formula is C24H19Cl2F3IN3O. The van der Waals surface area contributed by atoms with Crippen LogP contribution < -0.4 is 10.2 Å². The van der Waals surface area contributed by atoms with Gasteiger partial charge in [-0.05, 0) is 83.1 Å². The Balaban J connectivity index is 1.55. The van der Waals surface area contributed by atoms with E-state index in [2.05, 4.69) is 10.3 Å². The average molecular weight is 620 g/mol. The number of benzene rings is 2. The summed E-state index contributed by atoms with van der Waals surface area (Å²) in [5, 5.41) is 3.15. The first-order chi connectivity index (χ1) is 16.1. The number of carbonyl (C=O) groups excluding carboxylic acids is 1. The van der Waals surface area contributed by atoms with Crippen LogP contribution >= 0.6 is 45.8 Å². The van der Waals surface area contributed by atoms with Gasteiger partial charge in [0.05, 0.1) is 17.8 Å². The maximum atomic E-state index is 14.4. The van der Waals surface area contributed by atoms with Gasteiger partial charge in [0, 0.05) is 38.6 Å². The highest BCUT2D eigenvalue weighted by Crippen LogP contribution is 2.49. The number of carbonyl (C=O) groups is 1. The second-order valence-electron chi connectivity index (χ2n) is 8.08. The van der Waals surface area contributed by atoms with Crippen LogP contribution in [0, 0.1) is 3.57 Å². The molecule has 0 bridgehead atoms. The van der Waals surface area contributed by atoms with Crippen LogP contribution in [0.25, 0.3) is 0 Å². The van der Waals surface area contributed by atoms with E-state index < -0.39 is 11.6 Å². The number of hydrogen-bond acceptors (Lipinski definition) is 3. The van der Waals surface area contributed by atoms with E-state index in [-0.39, 0.29) is 47.6 Å². The van der Waals surface area contributed by atoms with Crippen LogP contribution in [0.1, 0.15) is 28.0 Å². The molecule has 0 aliphatic carbocycles. The Hall–Kier alpha value is -2.04. The molecule has 0 saturated carbocycles. The Labute approximate surface area is 218 Å². The molecule has 2 aromatic carbocycles. The maximum Gasteiger partial charge on any atom is 0.400 e. The van der Waals surface area contributed by atoms with E-state index in [0.29, 0.717) is 14.8 Å². The fraction of sp³-hybridized carbons (Fsp3) is 0.250. The maximum absolute atomic E-state index is 14.4. The van der Waals surface area contributed by atoms with Crippen LogP contribution in [0.15, 0.2) is 60.8 Å². The zero-order valence-electron chi connectivity index (χ0n) is 17.7. The van der Waals surface area contributed by atoms with E-state index >= 15 is 0 Å². The lowest BCUT2D eigenvalue weighted by molar-refractivity contribution is -0.184. The van der Waals surface area contributed by atoms with E-state index in [0.717, 1.165) is 5.69 Å². The lowest BCUT2D eigenvalue weighted by Crippen LogP contribution is -2.44. The third kappa shape index (κ3) is 5.13. The van der Waals surface area contributed by atoms with Crippen LogP contribution in [0.3, 0.4) is 0 Å². The van der Waals surface area contributed by atoms with Crippen molar-refractivity contribution in [1.82, 2.24) is 10.3 Å². The fourth-order valence-corrected chi connectivity index (χ4v) is 5.41. The first-order valence-electron chi connectivity index (χ1n) is 10.3. The largest absolute Gasteiger partial charge is 0.400 e. The third-order valence-corrected chi connectivity index (χ3v) is 7.27. The fourth-order valence-electron chi connectivity index (χ4n) is 4.14. The number of nitrogens with zero attached hydrogens (tertiary/aromatic N) is 2. The molecule has 178 valence electrons. The van der Waals surface area contributed by atoms with Crippen molar-refractivity contribution in [2.24, 2.45) is 0 Å². The van der Waals surface area contributed by atoms with Crippen molar-refractivity contribution < 1.29 is 18.0 Å². The lowest BCUT2D eigenvalue weighted by Gasteiger charge is -2.33. The summed E-state index contributed by atoms with van der Waals surface area (Å²) in [7, 11) is 0. The number of amides is 1. The molecule has 1 aromatic heterocycles. The highest BCUT2D eigenvalue weighted by atomic mass is 127. The minimum Gasteiger partial charge on any atom is -0.370 e. The van der Waals surface area contributed by atoms with Crippen LogP contribution in [0.2, 0.25) is 10.0 Å². The molecule has 4 rings (SSSR count). The molecule has 1 N–H and O–H groups in total. The summed E-state index contributed by atoms with van der Waals surface area (Å²) in [5.74, 6) is -0.277. The summed E-state index contributed by atoms with van der Waals surface area (Å²) in [6.45, 7) is 0.208. The van der Waals surface area contributed by atoms with Gasteiger partial charge in [0.15, 0.2) is 0 Å². The zero-order chi connectivity index (χ0) is 24.5. The molecular weight excluding hydrogens is 601 g/mol. The third-order valence-electron chi connectivity index (χ3n) is 5.95. The zero-order valence-corrected chi connectivity index (χ0v) is 21.3. The Morgan fingerprint density at radius 1 is 1.12 bits per heavy atom. The second-order valence-corrected chi connectivity index (χ2v) is 10.1. The minimum atomic E-state index is -4.49. The molecule has 10 heteroatoms. The van der Waals surface area contributed by atoms with Gasteiger partial charge in [-0.15, -0.1) is 0 Å². The van der Waals surface area contributed by atoms with Gasteiger partial charge in [0.25, 0.3) is 5.91 Å². The van der Waals surface area contributed by atoms with Crippen molar-refractivity contribution in [3.8, 4) is 0 Å². The van der Waals surface area contributed by atoms with Gasteiger partial charge < -0.3 is 10.2 Å². The molecule has 0 radical (unpaired) electrons. The monoisotopic (exact) mass is 619 g/mol. The molecule has 1 atom stereocenters. The van der Waals surface area contributed by atoms with Crippen molar-refractivity contribution in [2.45, 2.75) is 24.6 Å². The SMILES string of the molecule is O=C(NCc1ccccn1)c1ccc(N2CCC(c3cc(Cl)cc(Cl)c3)(C(F)(F)F)C2)cc1I. The standard InChI is InChI=1S/C24H19Cl2F3IN3O/c25-16-9-15(10-17(26)11-16)23(24(27,28)29)6-8-33(14-23)19-4-5-20(21(30)12-19)22(34)32-13-18-3-1-2-7-31-18/h1-5,7,9-12H,6,8,13-14H2,(H,32,34). The number of anilines is 1. The Kier molecular flexibility index (Phi) is 7.30. The van der Waals surface area contributed by atoms with Gasteiger partial charge in [-0.3, -0.25) is 9.78 Å². The highest BCUT2D eigenvalue weighted by Gasteiger charge is 2.59. The number of halogens is 6. The van der Waals surface area contributed by atoms with E-state index in [4.69, 9.17) is 23.2 Å². The van der Waals surface area contributed by atoms with Gasteiger partial charge in [-0.25, -0.2) is 0 Å². The van der Waals surface area contributed by atoms with Gasteiger partial charge in [0.1, 0.15) is 5.41 Å². The number of pyridine rings is 1. The van der Waals surface area contributed by atoms with Gasteiger partial charge >= 0.3 is 6.18 Å². The molecule has 3 aromatic rings. The summed E-state index contributed by atoms with van der Waals surface area (Å²) < 4.78 is 43.7. The molecule has 1 fully saturated rings. The summed E-state index contributed by atoms with van der Waals surface area (Å²) in [6, 6.07) is 14.6. The van der Waals surface area contributed by atoms with Crippen LogP contribution in [-0.2, 0) is 12.0 Å².